The highest BCUT2D eigenvalue weighted by Gasteiger charge is 2.04. The van der Waals surface area contributed by atoms with Crippen LogP contribution in [0.3, 0.4) is 0 Å². The van der Waals surface area contributed by atoms with Crippen LogP contribution in [-0.2, 0) is 11.2 Å². The van der Waals surface area contributed by atoms with Gasteiger partial charge in [-0.25, -0.2) is 4.39 Å². The maximum Gasteiger partial charge on any atom is 0.220 e. The summed E-state index contributed by atoms with van der Waals surface area (Å²) in [6.07, 6.45) is 2.65. The second kappa shape index (κ2) is 7.82. The Morgan fingerprint density at radius 1 is 1.44 bits per heavy atom. The minimum absolute atomic E-state index is 0.00647. The highest BCUT2D eigenvalue weighted by atomic mass is 19.1. The number of benzene rings is 1. The zero-order valence-corrected chi connectivity index (χ0v) is 10.8. The van der Waals surface area contributed by atoms with E-state index in [-0.39, 0.29) is 17.8 Å². The molecule has 0 fully saturated rings. The van der Waals surface area contributed by atoms with Gasteiger partial charge >= 0.3 is 0 Å². The third-order valence-corrected chi connectivity index (χ3v) is 2.74. The Labute approximate surface area is 108 Å². The van der Waals surface area contributed by atoms with Gasteiger partial charge in [0.05, 0.1) is 0 Å². The average Bonchev–Trinajstić information content (AvgIpc) is 2.31. The van der Waals surface area contributed by atoms with Crippen LogP contribution < -0.4 is 11.1 Å². The second-order valence-corrected chi connectivity index (χ2v) is 4.56. The average molecular weight is 252 g/mol. The number of rotatable bonds is 7. The standard InChI is InChI=1S/C14H21FN2O/c1-11(16)5-4-8-14(18)17-10-9-12-6-2-3-7-13(12)15/h2-3,6-7,11H,4-5,8-10,16H2,1H3,(H,17,18). The van der Waals surface area contributed by atoms with Gasteiger partial charge in [0.1, 0.15) is 5.82 Å². The molecule has 1 unspecified atom stereocenters. The number of nitrogens with two attached hydrogens (primary N) is 1. The fourth-order valence-corrected chi connectivity index (χ4v) is 1.71. The van der Waals surface area contributed by atoms with Gasteiger partial charge in [0.25, 0.3) is 0 Å². The third-order valence-electron chi connectivity index (χ3n) is 2.74. The molecule has 1 aromatic rings. The van der Waals surface area contributed by atoms with Crippen LogP contribution in [0.15, 0.2) is 24.3 Å². The van der Waals surface area contributed by atoms with E-state index in [1.54, 1.807) is 18.2 Å². The molecule has 0 aromatic heterocycles. The minimum Gasteiger partial charge on any atom is -0.356 e. The topological polar surface area (TPSA) is 55.1 Å². The van der Waals surface area contributed by atoms with Crippen molar-refractivity contribution in [1.29, 1.82) is 0 Å². The SMILES string of the molecule is CC(N)CCCC(=O)NCCc1ccccc1F. The van der Waals surface area contributed by atoms with Gasteiger partial charge in [-0.1, -0.05) is 18.2 Å². The molecule has 0 saturated heterocycles. The van der Waals surface area contributed by atoms with Crippen molar-refractivity contribution in [2.75, 3.05) is 6.54 Å². The van der Waals surface area contributed by atoms with Crippen LogP contribution in [0.25, 0.3) is 0 Å². The van der Waals surface area contributed by atoms with Gasteiger partial charge in [0, 0.05) is 19.0 Å². The lowest BCUT2D eigenvalue weighted by atomic mass is 10.1. The van der Waals surface area contributed by atoms with Crippen LogP contribution in [-0.4, -0.2) is 18.5 Å². The van der Waals surface area contributed by atoms with E-state index in [1.807, 2.05) is 6.92 Å². The number of nitrogens with one attached hydrogen (secondary N) is 1. The van der Waals surface area contributed by atoms with E-state index in [4.69, 9.17) is 5.73 Å². The monoisotopic (exact) mass is 252 g/mol. The number of hydrogen-bond donors (Lipinski definition) is 2. The lowest BCUT2D eigenvalue weighted by Crippen LogP contribution is -2.26. The summed E-state index contributed by atoms with van der Waals surface area (Å²) in [5, 5.41) is 2.79. The van der Waals surface area contributed by atoms with Crippen molar-refractivity contribution in [2.24, 2.45) is 5.73 Å². The van der Waals surface area contributed by atoms with Gasteiger partial charge in [-0.3, -0.25) is 4.79 Å². The van der Waals surface area contributed by atoms with E-state index in [0.29, 0.717) is 24.9 Å². The molecule has 0 radical (unpaired) electrons. The predicted molar refractivity (Wildman–Crippen MR) is 70.6 cm³/mol. The van der Waals surface area contributed by atoms with Gasteiger partial charge in [-0.2, -0.15) is 0 Å². The third kappa shape index (κ3) is 5.77. The van der Waals surface area contributed by atoms with E-state index in [9.17, 15) is 9.18 Å². The van der Waals surface area contributed by atoms with Crippen LogP contribution in [0.4, 0.5) is 4.39 Å². The Hall–Kier alpha value is -1.42. The van der Waals surface area contributed by atoms with Crippen molar-refractivity contribution >= 4 is 5.91 Å². The van der Waals surface area contributed by atoms with Crippen LogP contribution >= 0.6 is 0 Å². The molecule has 0 aliphatic heterocycles. The van der Waals surface area contributed by atoms with Crippen LogP contribution in [0.1, 0.15) is 31.7 Å². The molecule has 1 amide bonds. The quantitative estimate of drug-likeness (QED) is 0.780. The van der Waals surface area contributed by atoms with E-state index in [2.05, 4.69) is 5.32 Å². The highest BCUT2D eigenvalue weighted by Crippen LogP contribution is 2.06. The van der Waals surface area contributed by atoms with Crippen molar-refractivity contribution in [2.45, 2.75) is 38.6 Å². The van der Waals surface area contributed by atoms with Crippen molar-refractivity contribution in [3.8, 4) is 0 Å². The van der Waals surface area contributed by atoms with Crippen LogP contribution in [0.5, 0.6) is 0 Å². The summed E-state index contributed by atoms with van der Waals surface area (Å²) in [5.41, 5.74) is 6.23. The molecule has 0 aliphatic carbocycles. The summed E-state index contributed by atoms with van der Waals surface area (Å²) >= 11 is 0. The van der Waals surface area contributed by atoms with E-state index in [1.165, 1.54) is 6.07 Å². The zero-order valence-electron chi connectivity index (χ0n) is 10.8. The van der Waals surface area contributed by atoms with Crippen molar-refractivity contribution in [3.05, 3.63) is 35.6 Å². The van der Waals surface area contributed by atoms with Crippen molar-refractivity contribution in [1.82, 2.24) is 5.32 Å². The molecule has 3 nitrogen and oxygen atoms in total. The smallest absolute Gasteiger partial charge is 0.220 e. The maximum absolute atomic E-state index is 13.3. The van der Waals surface area contributed by atoms with Crippen molar-refractivity contribution < 1.29 is 9.18 Å². The first-order valence-electron chi connectivity index (χ1n) is 6.35. The first-order chi connectivity index (χ1) is 8.59. The number of amides is 1. The Morgan fingerprint density at radius 3 is 2.83 bits per heavy atom. The fraction of sp³-hybridized carbons (Fsp3) is 0.500. The molecular formula is C14H21FN2O. The lowest BCUT2D eigenvalue weighted by molar-refractivity contribution is -0.121. The molecule has 0 saturated carbocycles. The Kier molecular flexibility index (Phi) is 6.36. The Morgan fingerprint density at radius 2 is 2.17 bits per heavy atom. The van der Waals surface area contributed by atoms with E-state index in [0.717, 1.165) is 12.8 Å². The highest BCUT2D eigenvalue weighted by molar-refractivity contribution is 5.75. The lowest BCUT2D eigenvalue weighted by Gasteiger charge is -2.07. The summed E-state index contributed by atoms with van der Waals surface area (Å²) in [6.45, 7) is 2.40. The molecule has 0 aliphatic rings. The maximum atomic E-state index is 13.3. The molecule has 1 rings (SSSR count). The summed E-state index contributed by atoms with van der Waals surface area (Å²) in [4.78, 5) is 11.5. The van der Waals surface area contributed by atoms with Crippen LogP contribution in [0.2, 0.25) is 0 Å². The van der Waals surface area contributed by atoms with E-state index >= 15 is 0 Å². The minimum atomic E-state index is -0.219. The fourth-order valence-electron chi connectivity index (χ4n) is 1.71. The Balaban J connectivity index is 2.18. The number of hydrogen-bond acceptors (Lipinski definition) is 2. The normalized spacial score (nSPS) is 12.2. The Bertz CT molecular complexity index is 380. The van der Waals surface area contributed by atoms with Gasteiger partial charge in [-0.15, -0.1) is 0 Å². The van der Waals surface area contributed by atoms with Gasteiger partial charge in [0.15, 0.2) is 0 Å². The zero-order chi connectivity index (χ0) is 13.4. The predicted octanol–water partition coefficient (Wildman–Crippen LogP) is 2.00. The van der Waals surface area contributed by atoms with Crippen LogP contribution in [0, 0.1) is 5.82 Å². The largest absolute Gasteiger partial charge is 0.356 e. The van der Waals surface area contributed by atoms with Crippen molar-refractivity contribution in [3.63, 3.8) is 0 Å². The molecule has 0 spiro atoms. The molecule has 0 heterocycles. The van der Waals surface area contributed by atoms with Gasteiger partial charge < -0.3 is 11.1 Å². The molecule has 4 heteroatoms. The van der Waals surface area contributed by atoms with E-state index < -0.39 is 0 Å². The first kappa shape index (κ1) is 14.6. The van der Waals surface area contributed by atoms with Gasteiger partial charge in [-0.05, 0) is 37.8 Å². The summed E-state index contributed by atoms with van der Waals surface area (Å²) in [5.74, 6) is -0.212. The summed E-state index contributed by atoms with van der Waals surface area (Å²) < 4.78 is 13.3. The van der Waals surface area contributed by atoms with Gasteiger partial charge in [0.2, 0.25) is 5.91 Å². The first-order valence-corrected chi connectivity index (χ1v) is 6.35. The summed E-state index contributed by atoms with van der Waals surface area (Å²) in [6, 6.07) is 6.75. The number of carbonyl (C=O) groups excluding carboxylic acids is 1. The second-order valence-electron chi connectivity index (χ2n) is 4.56. The molecule has 3 N–H and O–H groups in total. The molecule has 1 aromatic carbocycles. The molecule has 18 heavy (non-hydrogen) atoms. The molecular weight excluding hydrogens is 231 g/mol. The number of halogens is 1. The molecule has 1 atom stereocenters. The molecule has 0 bridgehead atoms. The molecule has 100 valence electrons. The number of carbonyl (C=O) groups is 1. The summed E-state index contributed by atoms with van der Waals surface area (Å²) in [7, 11) is 0.